The van der Waals surface area contributed by atoms with E-state index in [4.69, 9.17) is 10.2 Å². The van der Waals surface area contributed by atoms with E-state index in [0.29, 0.717) is 17.1 Å². The lowest BCUT2D eigenvalue weighted by Gasteiger charge is -2.34. The van der Waals surface area contributed by atoms with Crippen LogP contribution in [0.1, 0.15) is 34.3 Å². The van der Waals surface area contributed by atoms with Crippen molar-refractivity contribution in [1.29, 1.82) is 0 Å². The topological polar surface area (TPSA) is 110 Å². The minimum atomic E-state index is -0.226. The molecule has 1 saturated heterocycles. The summed E-state index contributed by atoms with van der Waals surface area (Å²) < 4.78 is 5.29. The molecule has 5 rings (SSSR count). The van der Waals surface area contributed by atoms with Gasteiger partial charge in [-0.25, -0.2) is 0 Å². The summed E-state index contributed by atoms with van der Waals surface area (Å²) in [5.41, 5.74) is 13.3. The van der Waals surface area contributed by atoms with Gasteiger partial charge < -0.3 is 20.4 Å². The minimum absolute atomic E-state index is 0.183. The zero-order valence-electron chi connectivity index (χ0n) is 19.9. The quantitative estimate of drug-likeness (QED) is 0.441. The van der Waals surface area contributed by atoms with Gasteiger partial charge in [0.2, 0.25) is 12.3 Å². The van der Waals surface area contributed by atoms with Crippen molar-refractivity contribution in [2.24, 2.45) is 5.73 Å². The van der Waals surface area contributed by atoms with E-state index in [1.165, 1.54) is 17.5 Å². The molecular weight excluding hydrogens is 440 g/mol. The molecule has 0 bridgehead atoms. The van der Waals surface area contributed by atoms with E-state index < -0.39 is 0 Å². The summed E-state index contributed by atoms with van der Waals surface area (Å²) in [4.78, 5) is 20.3. The second-order valence-electron chi connectivity index (χ2n) is 9.06. The Morgan fingerprint density at radius 1 is 1.06 bits per heavy atom. The Kier molecular flexibility index (Phi) is 6.29. The molecule has 3 N–H and O–H groups in total. The molecule has 2 aromatic carbocycles. The number of aromatic nitrogens is 3. The summed E-state index contributed by atoms with van der Waals surface area (Å²) in [6, 6.07) is 13.9. The van der Waals surface area contributed by atoms with Crippen LogP contribution in [0.25, 0.3) is 22.6 Å². The molecule has 3 heterocycles. The highest BCUT2D eigenvalue weighted by atomic mass is 16.4. The van der Waals surface area contributed by atoms with Crippen LogP contribution in [-0.2, 0) is 0 Å². The number of benzene rings is 2. The molecule has 2 aromatic heterocycles. The van der Waals surface area contributed by atoms with E-state index in [9.17, 15) is 4.79 Å². The number of carbonyl (C=O) groups is 1. The van der Waals surface area contributed by atoms with Crippen molar-refractivity contribution < 1.29 is 9.21 Å². The number of aryl methyl sites for hydroxylation is 2. The maximum Gasteiger partial charge on any atom is 0.259 e. The number of pyridine rings is 1. The normalized spacial score (nSPS) is 14.2. The zero-order chi connectivity index (χ0) is 24.4. The number of hydrogen-bond acceptors (Lipinski definition) is 7. The smallest absolute Gasteiger partial charge is 0.259 e. The second-order valence-corrected chi connectivity index (χ2v) is 9.06. The van der Waals surface area contributed by atoms with Gasteiger partial charge in [-0.2, -0.15) is 0 Å². The van der Waals surface area contributed by atoms with Crippen molar-refractivity contribution in [2.45, 2.75) is 32.7 Å². The van der Waals surface area contributed by atoms with Crippen LogP contribution in [0, 0.1) is 13.8 Å². The largest absolute Gasteiger partial charge is 0.423 e. The van der Waals surface area contributed by atoms with Gasteiger partial charge in [-0.3, -0.25) is 9.78 Å². The van der Waals surface area contributed by atoms with Gasteiger partial charge in [0.1, 0.15) is 0 Å². The van der Waals surface area contributed by atoms with Crippen molar-refractivity contribution in [2.75, 3.05) is 23.3 Å². The predicted octanol–water partition coefficient (Wildman–Crippen LogP) is 4.60. The maximum absolute atomic E-state index is 13.6. The average Bonchev–Trinajstić information content (AvgIpc) is 3.39. The molecule has 1 aliphatic rings. The van der Waals surface area contributed by atoms with Gasteiger partial charge in [0, 0.05) is 48.3 Å². The fraction of sp³-hybridized carbons (Fsp3) is 0.259. The monoisotopic (exact) mass is 468 g/mol. The Hall–Kier alpha value is -4.04. The van der Waals surface area contributed by atoms with Gasteiger partial charge in [0.25, 0.3) is 5.91 Å². The molecule has 0 atom stereocenters. The molecular formula is C27H28N6O2. The van der Waals surface area contributed by atoms with Crippen LogP contribution in [-0.4, -0.2) is 40.2 Å². The van der Waals surface area contributed by atoms with E-state index in [2.05, 4.69) is 57.4 Å². The Morgan fingerprint density at radius 3 is 2.54 bits per heavy atom. The van der Waals surface area contributed by atoms with E-state index in [1.807, 2.05) is 30.5 Å². The molecule has 0 aliphatic carbocycles. The molecule has 1 amide bonds. The Morgan fingerprint density at radius 2 is 1.83 bits per heavy atom. The van der Waals surface area contributed by atoms with Gasteiger partial charge in [-0.15, -0.1) is 10.2 Å². The van der Waals surface area contributed by atoms with Crippen LogP contribution in [0.3, 0.4) is 0 Å². The molecule has 8 nitrogen and oxygen atoms in total. The maximum atomic E-state index is 13.6. The van der Waals surface area contributed by atoms with Crippen molar-refractivity contribution in [3.8, 4) is 22.6 Å². The number of nitrogens with zero attached hydrogens (tertiary/aromatic N) is 4. The first-order valence-electron chi connectivity index (χ1n) is 11.7. The molecule has 35 heavy (non-hydrogen) atoms. The van der Waals surface area contributed by atoms with E-state index >= 15 is 0 Å². The predicted molar refractivity (Wildman–Crippen MR) is 136 cm³/mol. The molecule has 4 aromatic rings. The number of rotatable bonds is 5. The summed E-state index contributed by atoms with van der Waals surface area (Å²) in [5.74, 6) is 0.168. The number of anilines is 2. The highest BCUT2D eigenvalue weighted by Crippen LogP contribution is 2.36. The van der Waals surface area contributed by atoms with Gasteiger partial charge in [0.15, 0.2) is 0 Å². The van der Waals surface area contributed by atoms with Crippen LogP contribution in [0.15, 0.2) is 65.7 Å². The first kappa shape index (κ1) is 22.7. The molecule has 0 radical (unpaired) electrons. The number of carbonyl (C=O) groups excluding carboxylic acids is 1. The zero-order valence-corrected chi connectivity index (χ0v) is 19.9. The molecule has 8 heteroatoms. The van der Waals surface area contributed by atoms with Crippen molar-refractivity contribution in [3.05, 3.63) is 77.9 Å². The number of amides is 1. The van der Waals surface area contributed by atoms with Crippen molar-refractivity contribution in [3.63, 3.8) is 0 Å². The van der Waals surface area contributed by atoms with Gasteiger partial charge in [-0.05, 0) is 50.5 Å². The fourth-order valence-corrected chi connectivity index (χ4v) is 4.65. The number of hydrogen-bond donors (Lipinski definition) is 2. The lowest BCUT2D eigenvalue weighted by atomic mass is 9.96. The van der Waals surface area contributed by atoms with Crippen molar-refractivity contribution >= 4 is 17.3 Å². The van der Waals surface area contributed by atoms with Gasteiger partial charge in [0.05, 0.1) is 11.3 Å². The van der Waals surface area contributed by atoms with Crippen LogP contribution in [0.4, 0.5) is 11.4 Å². The number of nitrogens with one attached hydrogen (secondary N) is 1. The molecule has 0 unspecified atom stereocenters. The fourth-order valence-electron chi connectivity index (χ4n) is 4.65. The number of piperidine rings is 1. The standard InChI is InChI=1S/C27H28N6O2/c1-17-10-18(2)12-20(11-17)23-14-29-15-24(25(23)33-8-6-21(28)7-9-33)26(34)31-22-5-3-4-19(13-22)27-32-30-16-35-27/h3-5,10-16,21H,6-9,28H2,1-2H3,(H,31,34). The molecule has 1 aliphatic heterocycles. The highest BCUT2D eigenvalue weighted by Gasteiger charge is 2.25. The SMILES string of the molecule is Cc1cc(C)cc(-c2cncc(C(=O)Nc3cccc(-c4nnco4)c3)c2N2CCC(N)CC2)c1. The molecule has 0 saturated carbocycles. The summed E-state index contributed by atoms with van der Waals surface area (Å²) in [6.07, 6.45) is 6.53. The summed E-state index contributed by atoms with van der Waals surface area (Å²) in [7, 11) is 0. The first-order valence-corrected chi connectivity index (χ1v) is 11.7. The molecule has 178 valence electrons. The molecule has 1 fully saturated rings. The van der Waals surface area contributed by atoms with E-state index in [-0.39, 0.29) is 11.9 Å². The van der Waals surface area contributed by atoms with Crippen LogP contribution >= 0.6 is 0 Å². The van der Waals surface area contributed by atoms with Crippen LogP contribution in [0.5, 0.6) is 0 Å². The summed E-state index contributed by atoms with van der Waals surface area (Å²) in [6.45, 7) is 5.73. The van der Waals surface area contributed by atoms with Gasteiger partial charge >= 0.3 is 0 Å². The minimum Gasteiger partial charge on any atom is -0.423 e. The first-order chi connectivity index (χ1) is 17.0. The summed E-state index contributed by atoms with van der Waals surface area (Å²) in [5, 5.41) is 10.7. The Labute approximate surface area is 204 Å². The third-order valence-electron chi connectivity index (χ3n) is 6.28. The lowest BCUT2D eigenvalue weighted by molar-refractivity contribution is 0.102. The Balaban J connectivity index is 1.54. The summed E-state index contributed by atoms with van der Waals surface area (Å²) >= 11 is 0. The Bertz CT molecular complexity index is 1320. The van der Waals surface area contributed by atoms with Gasteiger partial charge in [-0.1, -0.05) is 35.4 Å². The van der Waals surface area contributed by atoms with Crippen molar-refractivity contribution in [1.82, 2.24) is 15.2 Å². The lowest BCUT2D eigenvalue weighted by Crippen LogP contribution is -2.40. The highest BCUT2D eigenvalue weighted by molar-refractivity contribution is 6.10. The van der Waals surface area contributed by atoms with E-state index in [1.54, 1.807) is 6.20 Å². The third kappa shape index (κ3) is 4.93. The third-order valence-corrected chi connectivity index (χ3v) is 6.28. The number of nitrogens with two attached hydrogens (primary N) is 1. The average molecular weight is 469 g/mol. The van der Waals surface area contributed by atoms with E-state index in [0.717, 1.165) is 48.3 Å². The molecule has 0 spiro atoms. The van der Waals surface area contributed by atoms with Crippen LogP contribution in [0.2, 0.25) is 0 Å². The van der Waals surface area contributed by atoms with Crippen LogP contribution < -0.4 is 16.0 Å². The second kappa shape index (κ2) is 9.68.